The van der Waals surface area contributed by atoms with Crippen LogP contribution in [0, 0.1) is 13.8 Å². The molecule has 0 saturated heterocycles. The highest BCUT2D eigenvalue weighted by Crippen LogP contribution is 2.09. The molecule has 0 atom stereocenters. The van der Waals surface area contributed by atoms with Gasteiger partial charge in [0.2, 0.25) is 0 Å². The van der Waals surface area contributed by atoms with Crippen molar-refractivity contribution in [1.29, 1.82) is 0 Å². The van der Waals surface area contributed by atoms with Gasteiger partial charge in [-0.25, -0.2) is 9.67 Å². The Kier molecular flexibility index (Phi) is 4.23. The van der Waals surface area contributed by atoms with Gasteiger partial charge in [-0.3, -0.25) is 0 Å². The summed E-state index contributed by atoms with van der Waals surface area (Å²) in [6.07, 6.45) is 0. The molecule has 1 aromatic carbocycles. The lowest BCUT2D eigenvalue weighted by Crippen LogP contribution is -2.35. The van der Waals surface area contributed by atoms with Crippen LogP contribution in [0.2, 0.25) is 0 Å². The van der Waals surface area contributed by atoms with Crippen LogP contribution < -0.4 is 5.32 Å². The van der Waals surface area contributed by atoms with Gasteiger partial charge in [-0.15, -0.1) is 0 Å². The zero-order chi connectivity index (χ0) is 14.8. The summed E-state index contributed by atoms with van der Waals surface area (Å²) >= 11 is 0. The van der Waals surface area contributed by atoms with Crippen molar-refractivity contribution in [3.8, 4) is 0 Å². The minimum absolute atomic E-state index is 0.147. The lowest BCUT2D eigenvalue weighted by molar-refractivity contribution is 0.424. The van der Waals surface area contributed by atoms with Crippen LogP contribution in [0.1, 0.15) is 43.5 Å². The molecule has 0 unspecified atom stereocenters. The van der Waals surface area contributed by atoms with Crippen LogP contribution in [0.3, 0.4) is 0 Å². The number of rotatable bonds is 4. The Balaban J connectivity index is 2.00. The third-order valence-electron chi connectivity index (χ3n) is 3.14. The average Bonchev–Trinajstić information content (AvgIpc) is 2.66. The van der Waals surface area contributed by atoms with Gasteiger partial charge in [-0.1, -0.05) is 24.3 Å². The molecule has 0 spiro atoms. The van der Waals surface area contributed by atoms with Gasteiger partial charge in [0.15, 0.2) is 0 Å². The highest BCUT2D eigenvalue weighted by atomic mass is 15.3. The van der Waals surface area contributed by atoms with Crippen LogP contribution in [0.25, 0.3) is 0 Å². The number of hydrogen-bond acceptors (Lipinski definition) is 3. The molecule has 4 nitrogen and oxygen atoms in total. The van der Waals surface area contributed by atoms with E-state index in [4.69, 9.17) is 0 Å². The second kappa shape index (κ2) is 5.75. The van der Waals surface area contributed by atoms with Gasteiger partial charge in [-0.05, 0) is 45.7 Å². The van der Waals surface area contributed by atoms with Crippen LogP contribution >= 0.6 is 0 Å². The maximum Gasteiger partial charge on any atom is 0.147 e. The first-order valence-electron chi connectivity index (χ1n) is 7.04. The molecule has 1 heterocycles. The van der Waals surface area contributed by atoms with Gasteiger partial charge >= 0.3 is 0 Å². The molecule has 108 valence electrons. The van der Waals surface area contributed by atoms with E-state index in [0.29, 0.717) is 0 Å². The summed E-state index contributed by atoms with van der Waals surface area (Å²) in [5.74, 6) is 1.79. The van der Waals surface area contributed by atoms with E-state index in [0.717, 1.165) is 24.7 Å². The molecule has 20 heavy (non-hydrogen) atoms. The number of nitrogens with zero attached hydrogens (tertiary/aromatic N) is 3. The van der Waals surface area contributed by atoms with Crippen molar-refractivity contribution in [3.63, 3.8) is 0 Å². The van der Waals surface area contributed by atoms with E-state index in [1.54, 1.807) is 0 Å². The van der Waals surface area contributed by atoms with E-state index in [9.17, 15) is 0 Å². The standard InChI is InChI=1S/C16H24N4/c1-12-18-13(2)20(19-12)11-15-8-6-14(7-9-15)10-17-16(3,4)5/h6-9,17H,10-11H2,1-5H3. The predicted octanol–water partition coefficient (Wildman–Crippen LogP) is 2.83. The van der Waals surface area contributed by atoms with Gasteiger partial charge in [0.1, 0.15) is 11.6 Å². The normalized spacial score (nSPS) is 11.8. The molecule has 1 aromatic heterocycles. The van der Waals surface area contributed by atoms with Gasteiger partial charge in [0, 0.05) is 12.1 Å². The summed E-state index contributed by atoms with van der Waals surface area (Å²) in [7, 11) is 0. The van der Waals surface area contributed by atoms with Crippen molar-refractivity contribution in [2.24, 2.45) is 0 Å². The van der Waals surface area contributed by atoms with E-state index < -0.39 is 0 Å². The summed E-state index contributed by atoms with van der Waals surface area (Å²) in [5, 5.41) is 7.88. The highest BCUT2D eigenvalue weighted by molar-refractivity contribution is 5.23. The Morgan fingerprint density at radius 2 is 1.65 bits per heavy atom. The van der Waals surface area contributed by atoms with Gasteiger partial charge in [0.05, 0.1) is 6.54 Å². The first-order valence-corrected chi connectivity index (χ1v) is 7.04. The highest BCUT2D eigenvalue weighted by Gasteiger charge is 2.08. The van der Waals surface area contributed by atoms with Gasteiger partial charge < -0.3 is 5.32 Å². The van der Waals surface area contributed by atoms with Gasteiger partial charge in [-0.2, -0.15) is 5.10 Å². The Labute approximate surface area is 121 Å². The summed E-state index contributed by atoms with van der Waals surface area (Å²) in [6, 6.07) is 8.67. The molecule has 0 aliphatic rings. The first-order chi connectivity index (χ1) is 9.33. The maximum atomic E-state index is 4.39. The molecule has 2 rings (SSSR count). The smallest absolute Gasteiger partial charge is 0.147 e. The molecule has 0 saturated carbocycles. The van der Waals surface area contributed by atoms with Crippen molar-refractivity contribution in [1.82, 2.24) is 20.1 Å². The summed E-state index contributed by atoms with van der Waals surface area (Å²) in [5.41, 5.74) is 2.70. The SMILES string of the molecule is Cc1nc(C)n(Cc2ccc(CNC(C)(C)C)cc2)n1. The van der Waals surface area contributed by atoms with E-state index in [2.05, 4.69) is 60.4 Å². The average molecular weight is 272 g/mol. The predicted molar refractivity (Wildman–Crippen MR) is 81.6 cm³/mol. The zero-order valence-electron chi connectivity index (χ0n) is 13.1. The quantitative estimate of drug-likeness (QED) is 0.930. The maximum absolute atomic E-state index is 4.39. The fourth-order valence-corrected chi connectivity index (χ4v) is 2.01. The van der Waals surface area contributed by atoms with Crippen LogP contribution in [0.4, 0.5) is 0 Å². The van der Waals surface area contributed by atoms with Crippen LogP contribution in [0.5, 0.6) is 0 Å². The van der Waals surface area contributed by atoms with E-state index in [-0.39, 0.29) is 5.54 Å². The number of nitrogens with one attached hydrogen (secondary N) is 1. The third-order valence-corrected chi connectivity index (χ3v) is 3.14. The molecule has 0 aliphatic heterocycles. The first kappa shape index (κ1) is 14.7. The van der Waals surface area contributed by atoms with Crippen molar-refractivity contribution >= 4 is 0 Å². The molecule has 0 aliphatic carbocycles. The minimum Gasteiger partial charge on any atom is -0.308 e. The van der Waals surface area contributed by atoms with Crippen LogP contribution in [-0.2, 0) is 13.1 Å². The molecule has 0 bridgehead atoms. The molecule has 0 radical (unpaired) electrons. The topological polar surface area (TPSA) is 42.7 Å². The van der Waals surface area contributed by atoms with Gasteiger partial charge in [0.25, 0.3) is 0 Å². The lowest BCUT2D eigenvalue weighted by atomic mass is 10.1. The zero-order valence-corrected chi connectivity index (χ0v) is 13.1. The Morgan fingerprint density at radius 1 is 1.05 bits per heavy atom. The van der Waals surface area contributed by atoms with E-state index >= 15 is 0 Å². The van der Waals surface area contributed by atoms with Crippen molar-refractivity contribution in [3.05, 3.63) is 47.0 Å². The Bertz CT molecular complexity index is 561. The van der Waals surface area contributed by atoms with Crippen LogP contribution in [-0.4, -0.2) is 20.3 Å². The largest absolute Gasteiger partial charge is 0.308 e. The molecule has 4 heteroatoms. The number of aromatic nitrogens is 3. The minimum atomic E-state index is 0.147. The van der Waals surface area contributed by atoms with Crippen molar-refractivity contribution in [2.75, 3.05) is 0 Å². The van der Waals surface area contributed by atoms with Crippen LogP contribution in [0.15, 0.2) is 24.3 Å². The van der Waals surface area contributed by atoms with E-state index in [1.807, 2.05) is 18.5 Å². The summed E-state index contributed by atoms with van der Waals surface area (Å²) in [6.45, 7) is 12.1. The third kappa shape index (κ3) is 4.17. The molecule has 0 fully saturated rings. The Hall–Kier alpha value is -1.68. The fourth-order valence-electron chi connectivity index (χ4n) is 2.01. The monoisotopic (exact) mass is 272 g/mol. The summed E-state index contributed by atoms with van der Waals surface area (Å²) < 4.78 is 1.94. The molecular formula is C16H24N4. The molecule has 1 N–H and O–H groups in total. The number of aryl methyl sites for hydroxylation is 2. The van der Waals surface area contributed by atoms with Crippen molar-refractivity contribution < 1.29 is 0 Å². The summed E-state index contributed by atoms with van der Waals surface area (Å²) in [4.78, 5) is 4.32. The Morgan fingerprint density at radius 3 is 2.15 bits per heavy atom. The molecule has 2 aromatic rings. The van der Waals surface area contributed by atoms with E-state index in [1.165, 1.54) is 11.1 Å². The molecular weight excluding hydrogens is 248 g/mol. The lowest BCUT2D eigenvalue weighted by Gasteiger charge is -2.20. The number of benzene rings is 1. The fraction of sp³-hybridized carbons (Fsp3) is 0.500. The van der Waals surface area contributed by atoms with Crippen molar-refractivity contribution in [2.45, 2.75) is 53.2 Å². The number of hydrogen-bond donors (Lipinski definition) is 1. The second-order valence-electron chi connectivity index (χ2n) is 6.28. The molecule has 0 amide bonds. The second-order valence-corrected chi connectivity index (χ2v) is 6.28.